The van der Waals surface area contributed by atoms with Crippen molar-refractivity contribution < 1.29 is 4.92 Å². The highest BCUT2D eigenvalue weighted by molar-refractivity contribution is 5.63. The molecule has 6 heteroatoms. The number of aromatic nitrogens is 1. The van der Waals surface area contributed by atoms with Gasteiger partial charge in [-0.15, -0.1) is 0 Å². The molecular weight excluding hydrogens is 364 g/mol. The molecule has 1 heterocycles. The molecule has 1 N–H and O–H groups in total. The molecule has 0 aromatic carbocycles. The molecule has 0 unspecified atom stereocenters. The van der Waals surface area contributed by atoms with Crippen molar-refractivity contribution in [2.45, 2.75) is 104 Å². The highest BCUT2D eigenvalue weighted by Gasteiger charge is 2.22. The second-order valence-corrected chi connectivity index (χ2v) is 7.93. The number of pyridine rings is 1. The SMILES string of the molecule is CCCCCCCCCCCCCCCNc1nc(C)c([N+](=O)[O-])c(C)c1C#N. The van der Waals surface area contributed by atoms with Gasteiger partial charge in [0.05, 0.1) is 10.5 Å². The molecule has 0 aliphatic rings. The zero-order valence-corrected chi connectivity index (χ0v) is 18.6. The molecule has 0 bridgehead atoms. The van der Waals surface area contributed by atoms with Crippen LogP contribution < -0.4 is 5.32 Å². The summed E-state index contributed by atoms with van der Waals surface area (Å²) in [5.41, 5.74) is 0.947. The van der Waals surface area contributed by atoms with Crippen LogP contribution in [0.4, 0.5) is 11.5 Å². The number of aryl methyl sites for hydroxylation is 1. The number of hydrogen-bond acceptors (Lipinski definition) is 5. The summed E-state index contributed by atoms with van der Waals surface area (Å²) in [4.78, 5) is 14.9. The van der Waals surface area contributed by atoms with Crippen molar-refractivity contribution in [3.63, 3.8) is 0 Å². The van der Waals surface area contributed by atoms with Gasteiger partial charge in [0.25, 0.3) is 5.69 Å². The summed E-state index contributed by atoms with van der Waals surface area (Å²) in [6.07, 6.45) is 17.0. The van der Waals surface area contributed by atoms with Gasteiger partial charge in [-0.1, -0.05) is 84.0 Å². The van der Waals surface area contributed by atoms with Gasteiger partial charge in [0.15, 0.2) is 0 Å². The minimum Gasteiger partial charge on any atom is -0.369 e. The van der Waals surface area contributed by atoms with Gasteiger partial charge in [-0.3, -0.25) is 10.1 Å². The monoisotopic (exact) mass is 402 g/mol. The fourth-order valence-corrected chi connectivity index (χ4v) is 3.73. The zero-order valence-electron chi connectivity index (χ0n) is 18.6. The van der Waals surface area contributed by atoms with Gasteiger partial charge in [0.1, 0.15) is 23.1 Å². The molecule has 6 nitrogen and oxygen atoms in total. The lowest BCUT2D eigenvalue weighted by Crippen LogP contribution is -2.09. The van der Waals surface area contributed by atoms with Crippen LogP contribution in [0.3, 0.4) is 0 Å². The Morgan fingerprint density at radius 1 is 0.931 bits per heavy atom. The van der Waals surface area contributed by atoms with Gasteiger partial charge in [-0.25, -0.2) is 4.98 Å². The summed E-state index contributed by atoms with van der Waals surface area (Å²) in [7, 11) is 0. The molecule has 0 saturated carbocycles. The molecule has 0 saturated heterocycles. The van der Waals surface area contributed by atoms with E-state index in [9.17, 15) is 15.4 Å². The van der Waals surface area contributed by atoms with Crippen molar-refractivity contribution in [2.75, 3.05) is 11.9 Å². The number of rotatable bonds is 16. The third-order valence-corrected chi connectivity index (χ3v) is 5.46. The molecule has 29 heavy (non-hydrogen) atoms. The first-order chi connectivity index (χ1) is 14.0. The third-order valence-electron chi connectivity index (χ3n) is 5.46. The predicted molar refractivity (Wildman–Crippen MR) is 119 cm³/mol. The highest BCUT2D eigenvalue weighted by Crippen LogP contribution is 2.28. The van der Waals surface area contributed by atoms with Crippen LogP contribution >= 0.6 is 0 Å². The van der Waals surface area contributed by atoms with Crippen molar-refractivity contribution in [1.82, 2.24) is 4.98 Å². The van der Waals surface area contributed by atoms with Crippen LogP contribution in [0.1, 0.15) is 107 Å². The second-order valence-electron chi connectivity index (χ2n) is 7.93. The first-order valence-electron chi connectivity index (χ1n) is 11.3. The number of nitriles is 1. The first-order valence-corrected chi connectivity index (χ1v) is 11.3. The summed E-state index contributed by atoms with van der Waals surface area (Å²) in [5.74, 6) is 0.465. The van der Waals surface area contributed by atoms with E-state index in [1.807, 2.05) is 0 Å². The maximum Gasteiger partial charge on any atom is 0.294 e. The van der Waals surface area contributed by atoms with E-state index in [-0.39, 0.29) is 11.3 Å². The van der Waals surface area contributed by atoms with Crippen LogP contribution in [-0.2, 0) is 0 Å². The minimum atomic E-state index is -0.464. The molecule has 0 atom stereocenters. The Morgan fingerprint density at radius 2 is 1.41 bits per heavy atom. The molecule has 1 aromatic heterocycles. The van der Waals surface area contributed by atoms with E-state index in [1.165, 1.54) is 70.6 Å². The topological polar surface area (TPSA) is 91.8 Å². The van der Waals surface area contributed by atoms with Crippen LogP contribution in [0.15, 0.2) is 0 Å². The van der Waals surface area contributed by atoms with Crippen LogP contribution in [0.5, 0.6) is 0 Å². The van der Waals surface area contributed by atoms with E-state index in [0.29, 0.717) is 17.1 Å². The second kappa shape index (κ2) is 14.8. The van der Waals surface area contributed by atoms with Crippen molar-refractivity contribution in [2.24, 2.45) is 0 Å². The largest absolute Gasteiger partial charge is 0.369 e. The lowest BCUT2D eigenvalue weighted by molar-refractivity contribution is -0.386. The fourth-order valence-electron chi connectivity index (χ4n) is 3.73. The average molecular weight is 403 g/mol. The standard InChI is InChI=1S/C23H38N4O2/c1-4-5-6-7-8-9-10-11-12-13-14-15-16-17-25-23-21(18-24)19(2)22(27(28)29)20(3)26-23/h4-17H2,1-3H3,(H,25,26). The Balaban J connectivity index is 2.17. The van der Waals surface area contributed by atoms with E-state index in [2.05, 4.69) is 23.3 Å². The van der Waals surface area contributed by atoms with E-state index in [0.717, 1.165) is 19.4 Å². The highest BCUT2D eigenvalue weighted by atomic mass is 16.6. The molecule has 0 amide bonds. The number of nitrogens with zero attached hydrogens (tertiary/aromatic N) is 3. The Hall–Kier alpha value is -2.16. The quantitative estimate of drug-likeness (QED) is 0.183. The van der Waals surface area contributed by atoms with E-state index in [1.54, 1.807) is 13.8 Å². The number of anilines is 1. The van der Waals surface area contributed by atoms with Gasteiger partial charge in [0.2, 0.25) is 0 Å². The Bertz CT molecular complexity index is 668. The minimum absolute atomic E-state index is 0.0620. The molecule has 1 aromatic rings. The van der Waals surface area contributed by atoms with Crippen LogP contribution in [0, 0.1) is 35.3 Å². The molecule has 162 valence electrons. The summed E-state index contributed by atoms with van der Waals surface area (Å²) in [5, 5.41) is 23.7. The Labute approximate surface area is 176 Å². The van der Waals surface area contributed by atoms with E-state index in [4.69, 9.17) is 0 Å². The lowest BCUT2D eigenvalue weighted by atomic mass is 10.0. The van der Waals surface area contributed by atoms with Gasteiger partial charge >= 0.3 is 0 Å². The third kappa shape index (κ3) is 9.25. The molecule has 0 radical (unpaired) electrons. The summed E-state index contributed by atoms with van der Waals surface area (Å²) in [6.45, 7) is 6.22. The van der Waals surface area contributed by atoms with Crippen LogP contribution in [-0.4, -0.2) is 16.5 Å². The van der Waals surface area contributed by atoms with Crippen LogP contribution in [0.25, 0.3) is 0 Å². The first kappa shape index (κ1) is 24.9. The predicted octanol–water partition coefficient (Wildman–Crippen LogP) is 6.98. The van der Waals surface area contributed by atoms with Gasteiger partial charge in [0, 0.05) is 6.54 Å². The number of hydrogen-bond donors (Lipinski definition) is 1. The molecule has 0 aliphatic heterocycles. The Morgan fingerprint density at radius 3 is 1.86 bits per heavy atom. The summed E-state index contributed by atoms with van der Waals surface area (Å²) >= 11 is 0. The zero-order chi connectivity index (χ0) is 21.5. The number of unbranched alkanes of at least 4 members (excludes halogenated alkanes) is 12. The maximum absolute atomic E-state index is 11.2. The van der Waals surface area contributed by atoms with Crippen molar-refractivity contribution >= 4 is 11.5 Å². The van der Waals surface area contributed by atoms with E-state index >= 15 is 0 Å². The van der Waals surface area contributed by atoms with Crippen molar-refractivity contribution in [3.05, 3.63) is 26.9 Å². The van der Waals surface area contributed by atoms with Gasteiger partial charge in [-0.2, -0.15) is 5.26 Å². The van der Waals surface area contributed by atoms with Gasteiger partial charge in [-0.05, 0) is 20.3 Å². The number of nitro groups is 1. The smallest absolute Gasteiger partial charge is 0.294 e. The molecule has 0 fully saturated rings. The van der Waals surface area contributed by atoms with Crippen LogP contribution in [0.2, 0.25) is 0 Å². The summed E-state index contributed by atoms with van der Waals surface area (Å²) < 4.78 is 0. The van der Waals surface area contributed by atoms with Gasteiger partial charge < -0.3 is 5.32 Å². The maximum atomic E-state index is 11.2. The number of nitrogens with one attached hydrogen (secondary N) is 1. The average Bonchev–Trinajstić information content (AvgIpc) is 2.67. The molecular formula is C23H38N4O2. The Kier molecular flexibility index (Phi) is 12.7. The van der Waals surface area contributed by atoms with E-state index < -0.39 is 4.92 Å². The van der Waals surface area contributed by atoms with Crippen molar-refractivity contribution in [3.8, 4) is 6.07 Å². The van der Waals surface area contributed by atoms with Crippen molar-refractivity contribution in [1.29, 1.82) is 5.26 Å². The lowest BCUT2D eigenvalue weighted by Gasteiger charge is -2.11. The normalized spacial score (nSPS) is 10.7. The summed E-state index contributed by atoms with van der Waals surface area (Å²) in [6, 6.07) is 2.06. The molecule has 1 rings (SSSR count). The molecule has 0 aliphatic carbocycles. The fraction of sp³-hybridized carbons (Fsp3) is 0.739. The molecule has 0 spiro atoms.